The number of hydroxylamine groups is 2. The van der Waals surface area contributed by atoms with E-state index in [0.29, 0.717) is 18.3 Å². The molecule has 5 amide bonds. The zero-order valence-corrected chi connectivity index (χ0v) is 58.2. The van der Waals surface area contributed by atoms with Crippen LogP contribution in [-0.4, -0.2) is 145 Å². The zero-order valence-electron chi connectivity index (χ0n) is 58.2. The van der Waals surface area contributed by atoms with E-state index in [9.17, 15) is 53.4 Å². The maximum atomic E-state index is 12.7. The minimum Gasteiger partial charge on any atom is -0.480 e. The highest BCUT2D eigenvalue weighted by atomic mass is 16.8. The smallest absolute Gasteiger partial charge is 0.480 e. The summed E-state index contributed by atoms with van der Waals surface area (Å²) in [6.07, 6.45) is -4.45. The van der Waals surface area contributed by atoms with Crippen molar-refractivity contribution < 1.29 is 106 Å². The number of aliphatic hydroxyl groups excluding tert-OH is 1. The number of benzene rings is 8. The van der Waals surface area contributed by atoms with Gasteiger partial charge in [0.15, 0.2) is 29.7 Å². The molecule has 5 N–H and O–H groups in total. The molecule has 3 saturated heterocycles. The Kier molecular flexibility index (Phi) is 26.9. The molecule has 0 aromatic heterocycles. The molecule has 0 bridgehead atoms. The molecule has 26 heteroatoms. The summed E-state index contributed by atoms with van der Waals surface area (Å²) in [6, 6.07) is 64.9. The summed E-state index contributed by atoms with van der Waals surface area (Å²) in [5.41, 5.74) is 12.1. The maximum absolute atomic E-state index is 12.7. The first-order chi connectivity index (χ1) is 51.3. The molecule has 8 aromatic carbocycles. The molecule has 5 aliphatic rings. The quantitative estimate of drug-likeness (QED) is 0.0239. The highest BCUT2D eigenvalue weighted by Gasteiger charge is 2.48. The Morgan fingerprint density at radius 2 is 0.736 bits per heavy atom. The SMILES string of the molecule is CC1([C@H](NC(=O)OCC2c3ccccc3-c3ccccc32)C(=O)O)OCCO1.CC1([C@H](NC(=O)OCc2ccccc2)C(=O)OCc2ccccc2)OCCO1.C[C@@H](O)[C@H](NC(=O)OCc1ccccc1)C(=O)OCc1ccccc1.O=C(OCC1c2ccccc2-c2ccccc21)ON1C(=O)CCC1=O. The van der Waals surface area contributed by atoms with E-state index in [1.165, 1.54) is 13.8 Å². The van der Waals surface area contributed by atoms with Crippen molar-refractivity contribution in [1.82, 2.24) is 21.0 Å². The number of carboxylic acids is 1. The summed E-state index contributed by atoms with van der Waals surface area (Å²) in [6.45, 7) is 6.11. The van der Waals surface area contributed by atoms with Crippen molar-refractivity contribution in [3.05, 3.63) is 263 Å². The monoisotopic (exact) mass is 1450 g/mol. The molecule has 2 aliphatic carbocycles. The summed E-state index contributed by atoms with van der Waals surface area (Å²) >= 11 is 0. The van der Waals surface area contributed by atoms with Gasteiger partial charge in [0.25, 0.3) is 11.8 Å². The summed E-state index contributed by atoms with van der Waals surface area (Å²) in [5, 5.41) is 26.9. The normalized spacial score (nSPS) is 15.8. The lowest BCUT2D eigenvalue weighted by Crippen LogP contribution is -2.56. The van der Waals surface area contributed by atoms with Gasteiger partial charge in [0.2, 0.25) is 0 Å². The Hall–Kier alpha value is -11.8. The first-order valence-corrected chi connectivity index (χ1v) is 34.1. The van der Waals surface area contributed by atoms with Crippen LogP contribution in [0.15, 0.2) is 218 Å². The number of hydrogen-bond donors (Lipinski definition) is 5. The van der Waals surface area contributed by atoms with E-state index in [2.05, 4.69) is 16.0 Å². The van der Waals surface area contributed by atoms with Gasteiger partial charge in [-0.05, 0) is 87.5 Å². The highest BCUT2D eigenvalue weighted by molar-refractivity contribution is 6.01. The van der Waals surface area contributed by atoms with Crippen LogP contribution in [0.1, 0.15) is 90.0 Å². The number of nitrogens with one attached hydrogen (secondary N) is 3. The summed E-state index contributed by atoms with van der Waals surface area (Å²) in [5.74, 6) is -6.65. The molecule has 0 unspecified atom stereocenters. The van der Waals surface area contributed by atoms with Crippen LogP contribution >= 0.6 is 0 Å². The van der Waals surface area contributed by atoms with E-state index in [4.69, 9.17) is 52.2 Å². The number of carbonyl (C=O) groups excluding carboxylic acids is 8. The van der Waals surface area contributed by atoms with Gasteiger partial charge in [-0.1, -0.05) is 223 Å². The number of aliphatic hydroxyl groups is 1. The first kappa shape index (κ1) is 76.8. The fourth-order valence-corrected chi connectivity index (χ4v) is 12.1. The highest BCUT2D eigenvalue weighted by Crippen LogP contribution is 2.46. The van der Waals surface area contributed by atoms with E-state index in [0.717, 1.165) is 66.8 Å². The van der Waals surface area contributed by atoms with Crippen molar-refractivity contribution >= 4 is 54.2 Å². The van der Waals surface area contributed by atoms with Crippen LogP contribution in [0.2, 0.25) is 0 Å². The molecule has 13 rings (SSSR count). The van der Waals surface area contributed by atoms with Gasteiger partial charge >= 0.3 is 42.3 Å². The lowest BCUT2D eigenvalue weighted by Gasteiger charge is -2.30. The second-order valence-corrected chi connectivity index (χ2v) is 24.9. The van der Waals surface area contributed by atoms with Gasteiger partial charge < -0.3 is 73.5 Å². The number of alkyl carbamates (subject to hydrolysis) is 3. The van der Waals surface area contributed by atoms with Crippen molar-refractivity contribution in [3.63, 3.8) is 0 Å². The second kappa shape index (κ2) is 37.1. The number of ether oxygens (including phenoxy) is 10. The molecule has 26 nitrogen and oxygen atoms in total. The van der Waals surface area contributed by atoms with Crippen molar-refractivity contribution in [2.75, 3.05) is 39.6 Å². The molecule has 0 saturated carbocycles. The lowest BCUT2D eigenvalue weighted by atomic mass is 9.98. The minimum atomic E-state index is -1.42. The number of esters is 2. The Bertz CT molecular complexity index is 4220. The first-order valence-electron chi connectivity index (χ1n) is 34.1. The largest absolute Gasteiger partial charge is 0.533 e. The minimum absolute atomic E-state index is 0.0511. The van der Waals surface area contributed by atoms with Crippen LogP contribution in [0.4, 0.5) is 19.2 Å². The molecule has 0 radical (unpaired) electrons. The average Bonchev–Trinajstić information content (AvgIpc) is 1.62. The Morgan fingerprint density at radius 1 is 0.425 bits per heavy atom. The Morgan fingerprint density at radius 3 is 1.11 bits per heavy atom. The summed E-state index contributed by atoms with van der Waals surface area (Å²) in [4.78, 5) is 112. The van der Waals surface area contributed by atoms with Gasteiger partial charge in [0.1, 0.15) is 39.6 Å². The molecule has 8 aromatic rings. The number of aliphatic carboxylic acids is 1. The fourth-order valence-electron chi connectivity index (χ4n) is 12.1. The van der Waals surface area contributed by atoms with Gasteiger partial charge in [-0.25, -0.2) is 33.6 Å². The lowest BCUT2D eigenvalue weighted by molar-refractivity contribution is -0.188. The van der Waals surface area contributed by atoms with E-state index in [1.54, 1.807) is 6.92 Å². The van der Waals surface area contributed by atoms with Crippen LogP contribution < -0.4 is 16.0 Å². The molecular weight excluding hydrogens is 1370 g/mol. The predicted molar refractivity (Wildman–Crippen MR) is 379 cm³/mol. The Balaban J connectivity index is 0.000000151. The zero-order chi connectivity index (χ0) is 75.0. The van der Waals surface area contributed by atoms with Crippen LogP contribution in [0.5, 0.6) is 0 Å². The number of hydrogen-bond acceptors (Lipinski definition) is 21. The third-order valence-corrected chi connectivity index (χ3v) is 17.5. The third kappa shape index (κ3) is 20.5. The number of fused-ring (bicyclic) bond motifs is 6. The summed E-state index contributed by atoms with van der Waals surface area (Å²) in [7, 11) is 0. The van der Waals surface area contributed by atoms with Gasteiger partial charge in [0.05, 0.1) is 32.5 Å². The van der Waals surface area contributed by atoms with Crippen LogP contribution in [0.25, 0.3) is 22.3 Å². The molecule has 552 valence electrons. The van der Waals surface area contributed by atoms with Crippen LogP contribution in [-0.2, 0) is 103 Å². The molecule has 3 fully saturated rings. The second-order valence-electron chi connectivity index (χ2n) is 24.9. The predicted octanol–water partition coefficient (Wildman–Crippen LogP) is 11.0. The fraction of sp³-hybridized carbons (Fsp3) is 0.287. The van der Waals surface area contributed by atoms with E-state index >= 15 is 0 Å². The van der Waals surface area contributed by atoms with E-state index in [1.807, 2.05) is 218 Å². The Labute approximate surface area is 610 Å². The number of nitrogens with zero attached hydrogens (tertiary/aromatic N) is 1. The molecule has 0 spiro atoms. The van der Waals surface area contributed by atoms with Gasteiger partial charge in [0, 0.05) is 24.7 Å². The summed E-state index contributed by atoms with van der Waals surface area (Å²) < 4.78 is 53.2. The molecular formula is C80H80N4O22. The van der Waals surface area contributed by atoms with Crippen LogP contribution in [0, 0.1) is 0 Å². The number of amides is 5. The molecule has 3 aliphatic heterocycles. The number of imide groups is 1. The topological polar surface area (TPSA) is 335 Å². The van der Waals surface area contributed by atoms with Crippen molar-refractivity contribution in [2.45, 2.75) is 108 Å². The molecule has 4 atom stereocenters. The van der Waals surface area contributed by atoms with Gasteiger partial charge in [-0.15, -0.1) is 0 Å². The third-order valence-electron chi connectivity index (χ3n) is 17.5. The maximum Gasteiger partial charge on any atom is 0.533 e. The molecule has 106 heavy (non-hydrogen) atoms. The standard InChI is InChI=1S/C21H21NO6.C21H23NO6.C19H15NO5.C19H21NO5/c1-21(27-10-11-28-21)18(19(23)24)22-20(25)26-12-17-15-8-4-2-6-13(15)14-7-3-5-9-16(14)17;1-21(27-12-13-28-21)18(19(23)25-14-16-8-4-2-5-9-16)22-20(24)26-15-17-10-6-3-7-11-17;21-17-9-10-18(22)20(17)25-19(23)24-11-16-14-7-3-1-5-12(14)13-6-2-4-8-15(13)16;1-14(21)17(18(22)24-12-15-8-4-2-5-9-15)20-19(23)25-13-16-10-6-3-7-11-16/h2-9,17-18H,10-12H2,1H3,(H,22,25)(H,23,24);2-11,18H,12-15H2,1H3,(H,22,24);1-8,16H,9-11H2;2-11,14,17,21H,12-13H2,1H3,(H,20,23)/t2*18-;;14-,17+/m11.1/s1. The number of carboxylic acid groups (broad SMARTS) is 1. The average molecular weight is 1450 g/mol. The molecule has 3 heterocycles. The van der Waals surface area contributed by atoms with Gasteiger partial charge in [-0.2, -0.15) is 0 Å². The van der Waals surface area contributed by atoms with Gasteiger partial charge in [-0.3, -0.25) is 14.4 Å². The van der Waals surface area contributed by atoms with Crippen LogP contribution in [0.3, 0.4) is 0 Å². The van der Waals surface area contributed by atoms with E-state index < -0.39 is 90.0 Å². The van der Waals surface area contributed by atoms with Crippen molar-refractivity contribution in [2.24, 2.45) is 0 Å². The number of carbonyl (C=O) groups is 9. The van der Waals surface area contributed by atoms with E-state index in [-0.39, 0.29) is 77.5 Å². The number of rotatable bonds is 22. The van der Waals surface area contributed by atoms with Crippen molar-refractivity contribution in [3.8, 4) is 22.3 Å². The van der Waals surface area contributed by atoms with Crippen molar-refractivity contribution in [1.29, 1.82) is 0 Å².